The van der Waals surface area contributed by atoms with Crippen LogP contribution in [0, 0.1) is 5.82 Å². The molecule has 1 amide bonds. The maximum absolute atomic E-state index is 13.9. The van der Waals surface area contributed by atoms with Gasteiger partial charge in [-0.2, -0.15) is 4.31 Å². The number of benzene rings is 1. The van der Waals surface area contributed by atoms with Gasteiger partial charge in [-0.25, -0.2) is 17.8 Å². The molecule has 0 saturated carbocycles. The van der Waals surface area contributed by atoms with E-state index in [0.29, 0.717) is 18.9 Å². The third-order valence-corrected chi connectivity index (χ3v) is 6.11. The van der Waals surface area contributed by atoms with Crippen molar-refractivity contribution in [2.45, 2.75) is 17.9 Å². The summed E-state index contributed by atoms with van der Waals surface area (Å²) < 4.78 is 43.4. The fourth-order valence-corrected chi connectivity index (χ4v) is 4.59. The summed E-state index contributed by atoms with van der Waals surface area (Å²) in [6.07, 6.45) is 3.36. The average Bonchev–Trinajstić information content (AvgIpc) is 3.02. The number of carbonyl (C=O) groups excluding carboxylic acids is 1. The SMILES string of the molecule is CC(=O)Nc1cc(S(=O)(=O)N2CCNCC2c2nccn2C)ccc1F.Cl. The van der Waals surface area contributed by atoms with Crippen molar-refractivity contribution in [1.82, 2.24) is 19.2 Å². The normalized spacial score (nSPS) is 18.0. The van der Waals surface area contributed by atoms with Crippen molar-refractivity contribution >= 4 is 34.0 Å². The molecule has 0 aliphatic carbocycles. The Labute approximate surface area is 163 Å². The van der Waals surface area contributed by atoms with Gasteiger partial charge in [-0.3, -0.25) is 4.79 Å². The van der Waals surface area contributed by atoms with Gasteiger partial charge >= 0.3 is 0 Å². The van der Waals surface area contributed by atoms with Gasteiger partial charge in [0.2, 0.25) is 15.9 Å². The van der Waals surface area contributed by atoms with Crippen LogP contribution in [0.3, 0.4) is 0 Å². The first-order valence-corrected chi connectivity index (χ1v) is 9.51. The highest BCUT2D eigenvalue weighted by molar-refractivity contribution is 7.89. The third-order valence-electron chi connectivity index (χ3n) is 4.21. The van der Waals surface area contributed by atoms with Crippen molar-refractivity contribution in [2.75, 3.05) is 25.0 Å². The van der Waals surface area contributed by atoms with Crippen LogP contribution in [0.15, 0.2) is 35.5 Å². The van der Waals surface area contributed by atoms with Crippen molar-refractivity contribution in [3.05, 3.63) is 42.2 Å². The van der Waals surface area contributed by atoms with Crippen LogP contribution in [0.1, 0.15) is 18.8 Å². The number of hydrogen-bond acceptors (Lipinski definition) is 5. The first-order chi connectivity index (χ1) is 12.3. The van der Waals surface area contributed by atoms with Gasteiger partial charge in [-0.05, 0) is 18.2 Å². The molecule has 1 aromatic heterocycles. The molecule has 2 aromatic rings. The summed E-state index contributed by atoms with van der Waals surface area (Å²) >= 11 is 0. The van der Waals surface area contributed by atoms with E-state index in [4.69, 9.17) is 0 Å². The third kappa shape index (κ3) is 4.29. The quantitative estimate of drug-likeness (QED) is 0.781. The summed E-state index contributed by atoms with van der Waals surface area (Å²) in [6.45, 7) is 2.41. The van der Waals surface area contributed by atoms with E-state index in [1.807, 2.05) is 0 Å². The minimum atomic E-state index is -3.91. The van der Waals surface area contributed by atoms with E-state index < -0.39 is 27.8 Å². The average molecular weight is 418 g/mol. The van der Waals surface area contributed by atoms with Crippen LogP contribution in [-0.2, 0) is 21.9 Å². The number of nitrogens with zero attached hydrogens (tertiary/aromatic N) is 3. The topological polar surface area (TPSA) is 96.3 Å². The maximum Gasteiger partial charge on any atom is 0.243 e. The molecule has 1 aliphatic heterocycles. The number of anilines is 1. The molecule has 1 aromatic carbocycles. The number of rotatable bonds is 4. The summed E-state index contributed by atoms with van der Waals surface area (Å²) in [6, 6.07) is 2.90. The van der Waals surface area contributed by atoms with Crippen molar-refractivity contribution < 1.29 is 17.6 Å². The smallest absolute Gasteiger partial charge is 0.243 e. The second-order valence-electron chi connectivity index (χ2n) is 6.05. The molecule has 27 heavy (non-hydrogen) atoms. The monoisotopic (exact) mass is 417 g/mol. The molecule has 11 heteroatoms. The highest BCUT2D eigenvalue weighted by Gasteiger charge is 2.36. The Bertz CT molecular complexity index is 934. The van der Waals surface area contributed by atoms with Crippen molar-refractivity contribution in [3.63, 3.8) is 0 Å². The van der Waals surface area contributed by atoms with Gasteiger partial charge in [0.05, 0.1) is 16.6 Å². The zero-order chi connectivity index (χ0) is 18.9. The van der Waals surface area contributed by atoms with Crippen LogP contribution < -0.4 is 10.6 Å². The number of carbonyl (C=O) groups is 1. The molecule has 1 unspecified atom stereocenters. The predicted octanol–water partition coefficient (Wildman–Crippen LogP) is 1.27. The number of aromatic nitrogens is 2. The zero-order valence-electron chi connectivity index (χ0n) is 14.8. The first-order valence-electron chi connectivity index (χ1n) is 8.07. The number of amides is 1. The van der Waals surface area contributed by atoms with E-state index in [0.717, 1.165) is 12.1 Å². The minimum Gasteiger partial charge on any atom is -0.337 e. The molecule has 148 valence electrons. The number of piperazine rings is 1. The van der Waals surface area contributed by atoms with E-state index in [1.54, 1.807) is 24.0 Å². The largest absolute Gasteiger partial charge is 0.337 e. The first kappa shape index (κ1) is 21.3. The second-order valence-corrected chi connectivity index (χ2v) is 7.95. The molecule has 2 heterocycles. The molecule has 0 radical (unpaired) electrons. The van der Waals surface area contributed by atoms with Crippen molar-refractivity contribution in [3.8, 4) is 0 Å². The Kier molecular flexibility index (Phi) is 6.58. The number of sulfonamides is 1. The molecule has 0 bridgehead atoms. The Balaban J connectivity index is 0.00000261. The van der Waals surface area contributed by atoms with Crippen LogP contribution in [-0.4, -0.2) is 47.8 Å². The Morgan fingerprint density at radius 1 is 1.41 bits per heavy atom. The van der Waals surface area contributed by atoms with E-state index >= 15 is 0 Å². The molecule has 3 rings (SSSR count). The Morgan fingerprint density at radius 2 is 2.15 bits per heavy atom. The predicted molar refractivity (Wildman–Crippen MR) is 101 cm³/mol. The Hall–Kier alpha value is -2.01. The van der Waals surface area contributed by atoms with Gasteiger partial charge in [0.1, 0.15) is 11.6 Å². The lowest BCUT2D eigenvalue weighted by Crippen LogP contribution is -2.49. The van der Waals surface area contributed by atoms with Gasteiger partial charge in [0, 0.05) is 46.0 Å². The number of aryl methyl sites for hydroxylation is 1. The van der Waals surface area contributed by atoms with Crippen LogP contribution in [0.2, 0.25) is 0 Å². The van der Waals surface area contributed by atoms with Crippen LogP contribution >= 0.6 is 12.4 Å². The van der Waals surface area contributed by atoms with E-state index in [9.17, 15) is 17.6 Å². The number of nitrogens with one attached hydrogen (secondary N) is 2. The lowest BCUT2D eigenvalue weighted by Gasteiger charge is -2.34. The van der Waals surface area contributed by atoms with Gasteiger partial charge in [0.15, 0.2) is 0 Å². The Morgan fingerprint density at radius 3 is 2.78 bits per heavy atom. The van der Waals surface area contributed by atoms with Crippen LogP contribution in [0.25, 0.3) is 0 Å². The van der Waals surface area contributed by atoms with Crippen LogP contribution in [0.5, 0.6) is 0 Å². The standard InChI is InChI=1S/C16H20FN5O3S.ClH/c1-11(23)20-14-9-12(3-4-13(14)17)26(24,25)22-8-5-18-10-15(22)16-19-6-7-21(16)2;/h3-4,6-7,9,15,18H,5,8,10H2,1-2H3,(H,20,23);1H. The molecule has 0 spiro atoms. The van der Waals surface area contributed by atoms with E-state index in [1.165, 1.54) is 17.3 Å². The molecule has 1 atom stereocenters. The highest BCUT2D eigenvalue weighted by Crippen LogP contribution is 2.29. The summed E-state index contributed by atoms with van der Waals surface area (Å²) in [7, 11) is -2.11. The number of imidazole rings is 1. The van der Waals surface area contributed by atoms with Crippen molar-refractivity contribution in [1.29, 1.82) is 0 Å². The molecular weight excluding hydrogens is 397 g/mol. The summed E-state index contributed by atoms with van der Waals surface area (Å²) in [5.41, 5.74) is -0.165. The fraction of sp³-hybridized carbons (Fsp3) is 0.375. The maximum atomic E-state index is 13.9. The zero-order valence-corrected chi connectivity index (χ0v) is 16.5. The molecule has 1 saturated heterocycles. The van der Waals surface area contributed by atoms with Crippen LogP contribution in [0.4, 0.5) is 10.1 Å². The van der Waals surface area contributed by atoms with Gasteiger partial charge in [0.25, 0.3) is 0 Å². The van der Waals surface area contributed by atoms with Gasteiger partial charge in [-0.1, -0.05) is 0 Å². The lowest BCUT2D eigenvalue weighted by molar-refractivity contribution is -0.114. The summed E-state index contributed by atoms with van der Waals surface area (Å²) in [5, 5.41) is 5.48. The van der Waals surface area contributed by atoms with Gasteiger partial charge < -0.3 is 15.2 Å². The molecule has 2 N–H and O–H groups in total. The summed E-state index contributed by atoms with van der Waals surface area (Å²) in [5.74, 6) is -0.559. The van der Waals surface area contributed by atoms with E-state index in [-0.39, 0.29) is 29.5 Å². The molecule has 8 nitrogen and oxygen atoms in total. The van der Waals surface area contributed by atoms with E-state index in [2.05, 4.69) is 15.6 Å². The highest BCUT2D eigenvalue weighted by atomic mass is 35.5. The lowest BCUT2D eigenvalue weighted by atomic mass is 10.2. The minimum absolute atomic E-state index is 0. The fourth-order valence-electron chi connectivity index (χ4n) is 2.98. The summed E-state index contributed by atoms with van der Waals surface area (Å²) in [4.78, 5) is 15.4. The second kappa shape index (κ2) is 8.34. The molecular formula is C16H21ClFN5O3S. The number of hydrogen-bond donors (Lipinski definition) is 2. The van der Waals surface area contributed by atoms with Crippen molar-refractivity contribution in [2.24, 2.45) is 7.05 Å². The number of halogens is 2. The molecule has 1 aliphatic rings. The molecule has 1 fully saturated rings. The van der Waals surface area contributed by atoms with Gasteiger partial charge in [-0.15, -0.1) is 12.4 Å².